The van der Waals surface area contributed by atoms with Crippen LogP contribution >= 0.6 is 0 Å². The lowest BCUT2D eigenvalue weighted by Crippen LogP contribution is -2.15. The highest BCUT2D eigenvalue weighted by Crippen LogP contribution is 2.39. The number of ether oxygens (including phenoxy) is 3. The van der Waals surface area contributed by atoms with E-state index in [4.69, 9.17) is 19.2 Å². The monoisotopic (exact) mass is 445 g/mol. The average Bonchev–Trinajstić information content (AvgIpc) is 3.20. The van der Waals surface area contributed by atoms with Crippen LogP contribution in [0, 0.1) is 0 Å². The lowest BCUT2D eigenvalue weighted by molar-refractivity contribution is 0.102. The number of hydrogen-bond donors (Lipinski definition) is 1. The first kappa shape index (κ1) is 22.2. The molecule has 0 unspecified atom stereocenters. The van der Waals surface area contributed by atoms with E-state index in [1.165, 1.54) is 0 Å². The van der Waals surface area contributed by atoms with Crippen LogP contribution in [0.25, 0.3) is 16.9 Å². The molecule has 0 saturated heterocycles. The summed E-state index contributed by atoms with van der Waals surface area (Å²) < 4.78 is 19.1. The van der Waals surface area contributed by atoms with Crippen molar-refractivity contribution in [2.24, 2.45) is 0 Å². The first-order valence-electron chi connectivity index (χ1n) is 11.1. The van der Waals surface area contributed by atoms with E-state index >= 15 is 0 Å². The van der Waals surface area contributed by atoms with Crippen LogP contribution in [0.5, 0.6) is 17.2 Å². The molecule has 0 saturated carbocycles. The van der Waals surface area contributed by atoms with Crippen molar-refractivity contribution in [3.63, 3.8) is 0 Å². The normalized spacial score (nSPS) is 10.8. The van der Waals surface area contributed by atoms with Crippen molar-refractivity contribution in [1.29, 1.82) is 0 Å². The van der Waals surface area contributed by atoms with Gasteiger partial charge in [-0.25, -0.2) is 4.98 Å². The van der Waals surface area contributed by atoms with Gasteiger partial charge in [0.2, 0.25) is 5.75 Å². The van der Waals surface area contributed by atoms with Crippen LogP contribution < -0.4 is 19.5 Å². The molecule has 0 atom stereocenters. The standard InChI is InChI=1S/C26H27N3O4/c1-4-31-20-16-19(17-21(32-5-2)24(20)33-6-3)26(30)28-25-23(18-12-8-7-9-13-18)27-22-14-10-11-15-29(22)25/h7-17H,4-6H2,1-3H3,(H,28,30). The Bertz CT molecular complexity index is 1220. The van der Waals surface area contributed by atoms with E-state index in [-0.39, 0.29) is 5.91 Å². The number of nitrogens with zero attached hydrogens (tertiary/aromatic N) is 2. The second-order valence-electron chi connectivity index (χ2n) is 7.16. The van der Waals surface area contributed by atoms with Crippen molar-refractivity contribution in [1.82, 2.24) is 9.38 Å². The first-order chi connectivity index (χ1) is 16.2. The molecule has 0 spiro atoms. The van der Waals surface area contributed by atoms with Gasteiger partial charge in [-0.3, -0.25) is 9.20 Å². The molecule has 170 valence electrons. The van der Waals surface area contributed by atoms with Crippen LogP contribution in [-0.2, 0) is 0 Å². The number of imidazole rings is 1. The fraction of sp³-hybridized carbons (Fsp3) is 0.231. The first-order valence-corrected chi connectivity index (χ1v) is 11.1. The second-order valence-corrected chi connectivity index (χ2v) is 7.16. The summed E-state index contributed by atoms with van der Waals surface area (Å²) in [5.74, 6) is 1.72. The van der Waals surface area contributed by atoms with Gasteiger partial charge in [-0.05, 0) is 45.0 Å². The molecule has 0 fully saturated rings. The Morgan fingerprint density at radius 3 is 2.15 bits per heavy atom. The minimum Gasteiger partial charge on any atom is -0.490 e. The molecule has 4 rings (SSSR count). The fourth-order valence-corrected chi connectivity index (χ4v) is 3.61. The maximum Gasteiger partial charge on any atom is 0.257 e. The predicted octanol–water partition coefficient (Wildman–Crippen LogP) is 5.45. The second kappa shape index (κ2) is 10.1. The zero-order valence-corrected chi connectivity index (χ0v) is 19.0. The third-order valence-electron chi connectivity index (χ3n) is 4.98. The van der Waals surface area contributed by atoms with E-state index in [1.54, 1.807) is 12.1 Å². The minimum atomic E-state index is -0.303. The zero-order valence-electron chi connectivity index (χ0n) is 19.0. The molecule has 33 heavy (non-hydrogen) atoms. The summed E-state index contributed by atoms with van der Waals surface area (Å²) in [6.07, 6.45) is 1.87. The Hall–Kier alpha value is -4.00. The van der Waals surface area contributed by atoms with Crippen molar-refractivity contribution in [2.75, 3.05) is 25.1 Å². The Labute approximate surface area is 192 Å². The van der Waals surface area contributed by atoms with Crippen LogP contribution in [0.15, 0.2) is 66.9 Å². The van der Waals surface area contributed by atoms with Crippen LogP contribution in [0.1, 0.15) is 31.1 Å². The molecule has 7 nitrogen and oxygen atoms in total. The van der Waals surface area contributed by atoms with Crippen molar-refractivity contribution in [2.45, 2.75) is 20.8 Å². The molecule has 1 amide bonds. The van der Waals surface area contributed by atoms with Gasteiger partial charge in [0.15, 0.2) is 11.5 Å². The van der Waals surface area contributed by atoms with Gasteiger partial charge in [0.05, 0.1) is 19.8 Å². The van der Waals surface area contributed by atoms with Gasteiger partial charge in [-0.1, -0.05) is 36.4 Å². The smallest absolute Gasteiger partial charge is 0.257 e. The summed E-state index contributed by atoms with van der Waals surface area (Å²) in [5, 5.41) is 3.05. The molecule has 0 radical (unpaired) electrons. The highest BCUT2D eigenvalue weighted by Gasteiger charge is 2.21. The van der Waals surface area contributed by atoms with Crippen LogP contribution in [0.3, 0.4) is 0 Å². The third-order valence-corrected chi connectivity index (χ3v) is 4.98. The van der Waals surface area contributed by atoms with Crippen molar-refractivity contribution in [3.05, 3.63) is 72.4 Å². The summed E-state index contributed by atoms with van der Waals surface area (Å²) in [7, 11) is 0. The third kappa shape index (κ3) is 4.62. The number of pyridine rings is 1. The van der Waals surface area contributed by atoms with E-state index in [9.17, 15) is 4.79 Å². The van der Waals surface area contributed by atoms with Crippen molar-refractivity contribution < 1.29 is 19.0 Å². The maximum atomic E-state index is 13.4. The number of nitrogens with one attached hydrogen (secondary N) is 1. The molecular weight excluding hydrogens is 418 g/mol. The average molecular weight is 446 g/mol. The number of carbonyl (C=O) groups is 1. The topological polar surface area (TPSA) is 74.1 Å². The largest absolute Gasteiger partial charge is 0.490 e. The molecule has 4 aromatic rings. The van der Waals surface area contributed by atoms with Crippen molar-refractivity contribution >= 4 is 17.4 Å². The molecule has 2 heterocycles. The van der Waals surface area contributed by atoms with Crippen LogP contribution in [0.4, 0.5) is 5.82 Å². The number of benzene rings is 2. The fourth-order valence-electron chi connectivity index (χ4n) is 3.61. The van der Waals surface area contributed by atoms with Gasteiger partial charge >= 0.3 is 0 Å². The predicted molar refractivity (Wildman–Crippen MR) is 129 cm³/mol. The van der Waals surface area contributed by atoms with E-state index in [0.29, 0.717) is 54.1 Å². The number of anilines is 1. The van der Waals surface area contributed by atoms with E-state index in [0.717, 1.165) is 11.2 Å². The Kier molecular flexibility index (Phi) is 6.78. The maximum absolute atomic E-state index is 13.4. The molecular formula is C26H27N3O4. The molecule has 0 aliphatic rings. The summed E-state index contributed by atoms with van der Waals surface area (Å²) in [4.78, 5) is 18.2. The van der Waals surface area contributed by atoms with Gasteiger partial charge < -0.3 is 19.5 Å². The minimum absolute atomic E-state index is 0.303. The summed E-state index contributed by atoms with van der Waals surface area (Å²) >= 11 is 0. The molecule has 2 aromatic carbocycles. The van der Waals surface area contributed by atoms with Crippen LogP contribution in [-0.4, -0.2) is 35.1 Å². The Morgan fingerprint density at radius 2 is 1.52 bits per heavy atom. The number of hydrogen-bond acceptors (Lipinski definition) is 5. The van der Waals surface area contributed by atoms with Gasteiger partial charge in [-0.15, -0.1) is 0 Å². The van der Waals surface area contributed by atoms with E-state index in [1.807, 2.05) is 79.9 Å². The Balaban J connectivity index is 1.77. The summed E-state index contributed by atoms with van der Waals surface area (Å²) in [6, 6.07) is 18.8. The Morgan fingerprint density at radius 1 is 0.879 bits per heavy atom. The number of rotatable bonds is 9. The number of aromatic nitrogens is 2. The van der Waals surface area contributed by atoms with E-state index in [2.05, 4.69) is 5.32 Å². The highest BCUT2D eigenvalue weighted by atomic mass is 16.5. The zero-order chi connectivity index (χ0) is 23.2. The van der Waals surface area contributed by atoms with Gasteiger partial charge in [0, 0.05) is 17.3 Å². The number of amides is 1. The SMILES string of the molecule is CCOc1cc(C(=O)Nc2c(-c3ccccc3)nc3ccccn23)cc(OCC)c1OCC. The lowest BCUT2D eigenvalue weighted by atomic mass is 10.1. The summed E-state index contributed by atoms with van der Waals surface area (Å²) in [5.41, 5.74) is 2.74. The van der Waals surface area contributed by atoms with Gasteiger partial charge in [0.25, 0.3) is 5.91 Å². The molecule has 0 aliphatic carbocycles. The molecule has 2 aromatic heterocycles. The van der Waals surface area contributed by atoms with Crippen LogP contribution in [0.2, 0.25) is 0 Å². The number of carbonyl (C=O) groups excluding carboxylic acids is 1. The van der Waals surface area contributed by atoms with E-state index < -0.39 is 0 Å². The molecule has 1 N–H and O–H groups in total. The number of fused-ring (bicyclic) bond motifs is 1. The van der Waals surface area contributed by atoms with Crippen molar-refractivity contribution in [3.8, 4) is 28.5 Å². The molecule has 7 heteroatoms. The quantitative estimate of drug-likeness (QED) is 0.371. The molecule has 0 aliphatic heterocycles. The van der Waals surface area contributed by atoms with Gasteiger partial charge in [-0.2, -0.15) is 0 Å². The summed E-state index contributed by atoms with van der Waals surface area (Å²) in [6.45, 7) is 6.97. The highest BCUT2D eigenvalue weighted by molar-refractivity contribution is 6.06. The van der Waals surface area contributed by atoms with Gasteiger partial charge in [0.1, 0.15) is 17.2 Å². The lowest BCUT2D eigenvalue weighted by Gasteiger charge is -2.17. The molecule has 0 bridgehead atoms.